The highest BCUT2D eigenvalue weighted by atomic mass is 35.5. The zero-order valence-corrected chi connectivity index (χ0v) is 7.64. The topological polar surface area (TPSA) is 41.1 Å². The molecule has 0 radical (unpaired) electrons. The number of urea groups is 1. The van der Waals surface area contributed by atoms with Gasteiger partial charge in [0.15, 0.2) is 0 Å². The Hall–Kier alpha value is -1.22. The quantitative estimate of drug-likeness (QED) is 0.705. The van der Waals surface area contributed by atoms with Crippen LogP contribution in [-0.4, -0.2) is 12.6 Å². The summed E-state index contributed by atoms with van der Waals surface area (Å²) >= 11 is 5.97. The van der Waals surface area contributed by atoms with E-state index in [4.69, 9.17) is 11.6 Å². The van der Waals surface area contributed by atoms with Gasteiger partial charge in [0.25, 0.3) is 0 Å². The third-order valence-corrected chi connectivity index (χ3v) is 2.40. The normalized spacial score (nSPS) is 21.0. The minimum atomic E-state index is -0.134. The Morgan fingerprint density at radius 3 is 2.77 bits per heavy atom. The van der Waals surface area contributed by atoms with E-state index in [-0.39, 0.29) is 12.1 Å². The highest BCUT2D eigenvalue weighted by Gasteiger charge is 2.22. The minimum Gasteiger partial charge on any atom is -0.336 e. The molecular formula is C9H9ClN2O. The molecule has 0 saturated carbocycles. The zero-order valence-electron chi connectivity index (χ0n) is 6.88. The van der Waals surface area contributed by atoms with Gasteiger partial charge < -0.3 is 10.6 Å². The SMILES string of the molecule is O=C1NCC(c2ccccc2Cl)N1. The van der Waals surface area contributed by atoms with Crippen molar-refractivity contribution in [1.29, 1.82) is 0 Å². The molecule has 1 aromatic rings. The number of hydrogen-bond acceptors (Lipinski definition) is 1. The lowest BCUT2D eigenvalue weighted by Gasteiger charge is -2.09. The predicted octanol–water partition coefficient (Wildman–Crippen LogP) is 1.69. The van der Waals surface area contributed by atoms with Crippen LogP contribution in [0.15, 0.2) is 24.3 Å². The Kier molecular flexibility index (Phi) is 2.10. The first-order chi connectivity index (χ1) is 6.27. The summed E-state index contributed by atoms with van der Waals surface area (Å²) in [5.41, 5.74) is 0.961. The molecule has 0 aliphatic carbocycles. The van der Waals surface area contributed by atoms with E-state index in [0.717, 1.165) is 5.56 Å². The number of benzene rings is 1. The van der Waals surface area contributed by atoms with Crippen LogP contribution < -0.4 is 10.6 Å². The molecule has 0 bridgehead atoms. The first-order valence-corrected chi connectivity index (χ1v) is 4.44. The van der Waals surface area contributed by atoms with Gasteiger partial charge in [0.1, 0.15) is 0 Å². The van der Waals surface area contributed by atoms with E-state index in [1.165, 1.54) is 0 Å². The summed E-state index contributed by atoms with van der Waals surface area (Å²) in [6.45, 7) is 0.600. The van der Waals surface area contributed by atoms with Crippen LogP contribution in [0.5, 0.6) is 0 Å². The van der Waals surface area contributed by atoms with Crippen LogP contribution in [0.3, 0.4) is 0 Å². The number of carbonyl (C=O) groups is 1. The third kappa shape index (κ3) is 1.60. The molecule has 1 saturated heterocycles. The molecule has 2 amide bonds. The first-order valence-electron chi connectivity index (χ1n) is 4.06. The Labute approximate surface area is 81.1 Å². The summed E-state index contributed by atoms with van der Waals surface area (Å²) in [5, 5.41) is 6.15. The van der Waals surface area contributed by atoms with Crippen molar-refractivity contribution in [2.75, 3.05) is 6.54 Å². The number of carbonyl (C=O) groups excluding carboxylic acids is 1. The Morgan fingerprint density at radius 2 is 2.15 bits per heavy atom. The summed E-state index contributed by atoms with van der Waals surface area (Å²) in [6.07, 6.45) is 0. The summed E-state index contributed by atoms with van der Waals surface area (Å²) in [4.78, 5) is 10.9. The van der Waals surface area contributed by atoms with Crippen molar-refractivity contribution in [2.24, 2.45) is 0 Å². The molecular weight excluding hydrogens is 188 g/mol. The highest BCUT2D eigenvalue weighted by Crippen LogP contribution is 2.23. The molecule has 1 aliphatic heterocycles. The van der Waals surface area contributed by atoms with Crippen molar-refractivity contribution in [1.82, 2.24) is 10.6 Å². The maximum Gasteiger partial charge on any atom is 0.315 e. The van der Waals surface area contributed by atoms with Crippen LogP contribution in [0.4, 0.5) is 4.79 Å². The molecule has 0 spiro atoms. The van der Waals surface area contributed by atoms with Crippen molar-refractivity contribution in [3.8, 4) is 0 Å². The van der Waals surface area contributed by atoms with E-state index in [2.05, 4.69) is 10.6 Å². The minimum absolute atomic E-state index is 0.00111. The molecule has 4 heteroatoms. The zero-order chi connectivity index (χ0) is 9.26. The molecule has 1 aliphatic rings. The number of amides is 2. The molecule has 2 rings (SSSR count). The predicted molar refractivity (Wildman–Crippen MR) is 50.7 cm³/mol. The molecule has 1 fully saturated rings. The van der Waals surface area contributed by atoms with E-state index in [9.17, 15) is 4.79 Å². The summed E-state index contributed by atoms with van der Waals surface area (Å²) in [7, 11) is 0. The van der Waals surface area contributed by atoms with Gasteiger partial charge in [-0.3, -0.25) is 0 Å². The molecule has 1 atom stereocenters. The summed E-state index contributed by atoms with van der Waals surface area (Å²) < 4.78 is 0. The Morgan fingerprint density at radius 1 is 1.38 bits per heavy atom. The number of nitrogens with one attached hydrogen (secondary N) is 2. The van der Waals surface area contributed by atoms with Gasteiger partial charge in [-0.2, -0.15) is 0 Å². The van der Waals surface area contributed by atoms with Gasteiger partial charge in [-0.25, -0.2) is 4.79 Å². The lowest BCUT2D eigenvalue weighted by molar-refractivity contribution is 0.247. The maximum atomic E-state index is 10.9. The van der Waals surface area contributed by atoms with Crippen LogP contribution in [0.2, 0.25) is 5.02 Å². The summed E-state index contributed by atoms with van der Waals surface area (Å²) in [5.74, 6) is 0. The lowest BCUT2D eigenvalue weighted by Crippen LogP contribution is -2.21. The molecule has 1 heterocycles. The van der Waals surface area contributed by atoms with E-state index >= 15 is 0 Å². The van der Waals surface area contributed by atoms with Crippen molar-refractivity contribution in [3.05, 3.63) is 34.9 Å². The molecule has 0 aromatic heterocycles. The fourth-order valence-electron chi connectivity index (χ4n) is 1.40. The van der Waals surface area contributed by atoms with Crippen LogP contribution in [0.1, 0.15) is 11.6 Å². The molecule has 13 heavy (non-hydrogen) atoms. The lowest BCUT2D eigenvalue weighted by atomic mass is 10.1. The molecule has 1 unspecified atom stereocenters. The molecule has 3 nitrogen and oxygen atoms in total. The molecule has 1 aromatic carbocycles. The number of halogens is 1. The van der Waals surface area contributed by atoms with E-state index < -0.39 is 0 Å². The second kappa shape index (κ2) is 3.26. The second-order valence-corrected chi connectivity index (χ2v) is 3.34. The van der Waals surface area contributed by atoms with Gasteiger partial charge in [0.05, 0.1) is 6.04 Å². The standard InChI is InChI=1S/C9H9ClN2O/c10-7-4-2-1-3-6(7)8-5-11-9(13)12-8/h1-4,8H,5H2,(H2,11,12,13). The molecule has 2 N–H and O–H groups in total. The average Bonchev–Trinajstić information content (AvgIpc) is 2.53. The van der Waals surface area contributed by atoms with E-state index in [1.54, 1.807) is 0 Å². The van der Waals surface area contributed by atoms with Crippen molar-refractivity contribution >= 4 is 17.6 Å². The van der Waals surface area contributed by atoms with Crippen LogP contribution in [0, 0.1) is 0 Å². The second-order valence-electron chi connectivity index (χ2n) is 2.93. The average molecular weight is 197 g/mol. The molecule has 68 valence electrons. The number of rotatable bonds is 1. The van der Waals surface area contributed by atoms with Crippen LogP contribution in [0.25, 0.3) is 0 Å². The van der Waals surface area contributed by atoms with E-state index in [1.807, 2.05) is 24.3 Å². The first kappa shape index (κ1) is 8.38. The third-order valence-electron chi connectivity index (χ3n) is 2.05. The van der Waals surface area contributed by atoms with Crippen molar-refractivity contribution in [3.63, 3.8) is 0 Å². The number of hydrogen-bond donors (Lipinski definition) is 2. The van der Waals surface area contributed by atoms with Crippen LogP contribution in [-0.2, 0) is 0 Å². The van der Waals surface area contributed by atoms with Gasteiger partial charge in [-0.1, -0.05) is 29.8 Å². The summed E-state index contributed by atoms with van der Waals surface area (Å²) in [6, 6.07) is 7.38. The maximum absolute atomic E-state index is 10.9. The van der Waals surface area contributed by atoms with Gasteiger partial charge in [-0.05, 0) is 11.6 Å². The van der Waals surface area contributed by atoms with Gasteiger partial charge in [0.2, 0.25) is 0 Å². The van der Waals surface area contributed by atoms with Crippen molar-refractivity contribution in [2.45, 2.75) is 6.04 Å². The van der Waals surface area contributed by atoms with E-state index in [0.29, 0.717) is 11.6 Å². The Bertz CT molecular complexity index is 340. The largest absolute Gasteiger partial charge is 0.336 e. The smallest absolute Gasteiger partial charge is 0.315 e. The fraction of sp³-hybridized carbons (Fsp3) is 0.222. The highest BCUT2D eigenvalue weighted by molar-refractivity contribution is 6.31. The monoisotopic (exact) mass is 196 g/mol. The van der Waals surface area contributed by atoms with Gasteiger partial charge in [0, 0.05) is 11.6 Å². The van der Waals surface area contributed by atoms with Gasteiger partial charge >= 0.3 is 6.03 Å². The Balaban J connectivity index is 2.26. The fourth-order valence-corrected chi connectivity index (χ4v) is 1.67. The van der Waals surface area contributed by atoms with Crippen molar-refractivity contribution < 1.29 is 4.79 Å². The van der Waals surface area contributed by atoms with Gasteiger partial charge in [-0.15, -0.1) is 0 Å². The van der Waals surface area contributed by atoms with Crippen LogP contribution >= 0.6 is 11.6 Å².